The summed E-state index contributed by atoms with van der Waals surface area (Å²) in [6.07, 6.45) is 0. The fourth-order valence-electron chi connectivity index (χ4n) is 3.04. The maximum atomic E-state index is 12.4. The van der Waals surface area contributed by atoms with Gasteiger partial charge in [-0.05, 0) is 45.0 Å². The average molecular weight is 380 g/mol. The predicted molar refractivity (Wildman–Crippen MR) is 113 cm³/mol. The zero-order chi connectivity index (χ0) is 19.2. The van der Waals surface area contributed by atoms with Gasteiger partial charge in [-0.15, -0.1) is 11.3 Å². The molecule has 1 heterocycles. The number of amides is 1. The molecule has 0 radical (unpaired) electrons. The minimum atomic E-state index is -0.0781. The zero-order valence-electron chi connectivity index (χ0n) is 16.0. The van der Waals surface area contributed by atoms with Crippen LogP contribution >= 0.6 is 11.3 Å². The van der Waals surface area contributed by atoms with E-state index in [0.717, 1.165) is 28.5 Å². The van der Waals surface area contributed by atoms with Crippen LogP contribution in [0, 0.1) is 0 Å². The maximum absolute atomic E-state index is 12.4. The van der Waals surface area contributed by atoms with Crippen LogP contribution in [-0.4, -0.2) is 23.5 Å². The van der Waals surface area contributed by atoms with Crippen molar-refractivity contribution in [3.63, 3.8) is 0 Å². The van der Waals surface area contributed by atoms with Crippen molar-refractivity contribution in [2.75, 3.05) is 11.4 Å². The van der Waals surface area contributed by atoms with Crippen LogP contribution in [0.25, 0.3) is 11.3 Å². The molecular weight excluding hydrogens is 354 g/mol. The minimum absolute atomic E-state index is 0.0781. The summed E-state index contributed by atoms with van der Waals surface area (Å²) in [5.41, 5.74) is 3.84. The zero-order valence-corrected chi connectivity index (χ0v) is 16.8. The number of nitrogens with zero attached hydrogens (tertiary/aromatic N) is 2. The Morgan fingerprint density at radius 3 is 2.44 bits per heavy atom. The van der Waals surface area contributed by atoms with Gasteiger partial charge in [-0.1, -0.05) is 30.3 Å². The molecule has 4 nitrogen and oxygen atoms in total. The second kappa shape index (κ2) is 8.82. The van der Waals surface area contributed by atoms with Crippen molar-refractivity contribution in [2.45, 2.75) is 33.4 Å². The molecule has 0 aliphatic carbocycles. The number of nitrogens with one attached hydrogen (secondary N) is 1. The van der Waals surface area contributed by atoms with Gasteiger partial charge in [0.25, 0.3) is 5.91 Å². The Kier molecular flexibility index (Phi) is 6.24. The van der Waals surface area contributed by atoms with E-state index in [2.05, 4.69) is 36.0 Å². The summed E-state index contributed by atoms with van der Waals surface area (Å²) in [5, 5.41) is 5.88. The van der Waals surface area contributed by atoms with Crippen LogP contribution in [0.3, 0.4) is 0 Å². The second-order valence-electron chi connectivity index (χ2n) is 6.60. The Morgan fingerprint density at radius 2 is 1.81 bits per heavy atom. The summed E-state index contributed by atoms with van der Waals surface area (Å²) in [5.74, 6) is -0.0781. The van der Waals surface area contributed by atoms with Gasteiger partial charge < -0.3 is 10.2 Å². The Balaban J connectivity index is 1.60. The van der Waals surface area contributed by atoms with E-state index < -0.39 is 0 Å². The van der Waals surface area contributed by atoms with Crippen molar-refractivity contribution in [1.82, 2.24) is 10.3 Å². The molecule has 0 saturated heterocycles. The van der Waals surface area contributed by atoms with Gasteiger partial charge in [0.15, 0.2) is 0 Å². The molecule has 0 unspecified atom stereocenters. The molecular formula is C22H25N3OS. The van der Waals surface area contributed by atoms with Gasteiger partial charge in [-0.25, -0.2) is 4.98 Å². The minimum Gasteiger partial charge on any atom is -0.369 e. The van der Waals surface area contributed by atoms with Crippen molar-refractivity contribution in [1.29, 1.82) is 0 Å². The fourth-order valence-corrected chi connectivity index (χ4v) is 3.78. The van der Waals surface area contributed by atoms with Crippen molar-refractivity contribution in [2.24, 2.45) is 0 Å². The quantitative estimate of drug-likeness (QED) is 0.630. The number of hydrogen-bond acceptors (Lipinski definition) is 4. The number of benzene rings is 2. The van der Waals surface area contributed by atoms with Gasteiger partial charge in [0.1, 0.15) is 5.01 Å². The monoisotopic (exact) mass is 379 g/mol. The number of anilines is 1. The van der Waals surface area contributed by atoms with Crippen LogP contribution in [0.2, 0.25) is 0 Å². The van der Waals surface area contributed by atoms with Crippen molar-refractivity contribution < 1.29 is 4.79 Å². The van der Waals surface area contributed by atoms with E-state index in [4.69, 9.17) is 0 Å². The van der Waals surface area contributed by atoms with Crippen molar-refractivity contribution in [3.8, 4) is 11.3 Å². The first kappa shape index (κ1) is 19.1. The Morgan fingerprint density at radius 1 is 1.11 bits per heavy atom. The van der Waals surface area contributed by atoms with E-state index in [1.165, 1.54) is 0 Å². The molecule has 0 spiro atoms. The first-order valence-corrected chi connectivity index (χ1v) is 10.1. The van der Waals surface area contributed by atoms with Gasteiger partial charge in [-0.3, -0.25) is 4.79 Å². The summed E-state index contributed by atoms with van der Waals surface area (Å²) in [4.78, 5) is 19.3. The molecule has 0 fully saturated rings. The van der Waals surface area contributed by atoms with Crippen LogP contribution in [0.15, 0.2) is 60.0 Å². The molecule has 3 rings (SSSR count). The first-order chi connectivity index (χ1) is 13.1. The third-order valence-electron chi connectivity index (χ3n) is 4.45. The first-order valence-electron chi connectivity index (χ1n) is 9.23. The summed E-state index contributed by atoms with van der Waals surface area (Å²) in [6, 6.07) is 18.3. The van der Waals surface area contributed by atoms with Crippen LogP contribution in [0.4, 0.5) is 5.69 Å². The van der Waals surface area contributed by atoms with Gasteiger partial charge >= 0.3 is 0 Å². The van der Waals surface area contributed by atoms with Crippen LogP contribution in [-0.2, 0) is 6.54 Å². The molecule has 140 valence electrons. The molecule has 0 aliphatic rings. The molecule has 2 aromatic carbocycles. The maximum Gasteiger partial charge on any atom is 0.251 e. The van der Waals surface area contributed by atoms with E-state index in [-0.39, 0.29) is 5.91 Å². The summed E-state index contributed by atoms with van der Waals surface area (Å²) >= 11 is 1.56. The van der Waals surface area contributed by atoms with E-state index in [1.807, 2.05) is 60.0 Å². The molecule has 0 bridgehead atoms. The van der Waals surface area contributed by atoms with E-state index >= 15 is 0 Å². The molecule has 0 atom stereocenters. The van der Waals surface area contributed by atoms with Gasteiger partial charge in [-0.2, -0.15) is 0 Å². The molecule has 5 heteroatoms. The Labute approximate surface area is 164 Å². The second-order valence-corrected chi connectivity index (χ2v) is 7.54. The van der Waals surface area contributed by atoms with Crippen LogP contribution in [0.5, 0.6) is 0 Å². The Bertz CT molecular complexity index is 872. The van der Waals surface area contributed by atoms with E-state index in [9.17, 15) is 4.79 Å². The third kappa shape index (κ3) is 4.74. The van der Waals surface area contributed by atoms with E-state index in [0.29, 0.717) is 18.2 Å². The molecule has 1 N–H and O–H groups in total. The number of rotatable bonds is 7. The molecule has 1 aromatic heterocycles. The van der Waals surface area contributed by atoms with Gasteiger partial charge in [0.2, 0.25) is 0 Å². The summed E-state index contributed by atoms with van der Waals surface area (Å²) in [7, 11) is 0. The van der Waals surface area contributed by atoms with Gasteiger partial charge in [0.05, 0.1) is 12.2 Å². The number of carbonyl (C=O) groups excluding carboxylic acids is 1. The number of aromatic nitrogens is 1. The highest BCUT2D eigenvalue weighted by Gasteiger charge is 2.11. The summed E-state index contributed by atoms with van der Waals surface area (Å²) < 4.78 is 0. The van der Waals surface area contributed by atoms with Crippen molar-refractivity contribution >= 4 is 22.9 Å². The fraction of sp³-hybridized carbons (Fsp3) is 0.273. The topological polar surface area (TPSA) is 45.2 Å². The molecule has 1 amide bonds. The van der Waals surface area contributed by atoms with E-state index in [1.54, 1.807) is 11.3 Å². The molecule has 27 heavy (non-hydrogen) atoms. The smallest absolute Gasteiger partial charge is 0.251 e. The largest absolute Gasteiger partial charge is 0.369 e. The average Bonchev–Trinajstić information content (AvgIpc) is 3.17. The third-order valence-corrected chi connectivity index (χ3v) is 5.30. The lowest BCUT2D eigenvalue weighted by atomic mass is 10.1. The standard InChI is InChI=1S/C22H25N3OS/c1-4-25(16(2)3)19-12-10-18(11-13-19)22(26)23-14-21-24-20(15-27-21)17-8-6-5-7-9-17/h5-13,15-16H,4,14H2,1-3H3,(H,23,26). The molecule has 3 aromatic rings. The highest BCUT2D eigenvalue weighted by molar-refractivity contribution is 7.09. The normalized spacial score (nSPS) is 10.8. The predicted octanol–water partition coefficient (Wildman–Crippen LogP) is 4.97. The van der Waals surface area contributed by atoms with Crippen LogP contribution < -0.4 is 10.2 Å². The number of thiazole rings is 1. The lowest BCUT2D eigenvalue weighted by Gasteiger charge is -2.27. The highest BCUT2D eigenvalue weighted by atomic mass is 32.1. The van der Waals surface area contributed by atoms with Crippen LogP contribution in [0.1, 0.15) is 36.1 Å². The summed E-state index contributed by atoms with van der Waals surface area (Å²) in [6.45, 7) is 7.85. The SMILES string of the molecule is CCN(c1ccc(C(=O)NCc2nc(-c3ccccc3)cs2)cc1)C(C)C. The Hall–Kier alpha value is -2.66. The number of carbonyl (C=O) groups is 1. The van der Waals surface area contributed by atoms with Crippen molar-refractivity contribution in [3.05, 3.63) is 70.5 Å². The lowest BCUT2D eigenvalue weighted by Crippen LogP contribution is -2.30. The number of hydrogen-bond donors (Lipinski definition) is 1. The highest BCUT2D eigenvalue weighted by Crippen LogP contribution is 2.22. The molecule has 0 saturated carbocycles. The molecule has 0 aliphatic heterocycles. The lowest BCUT2D eigenvalue weighted by molar-refractivity contribution is 0.0951. The van der Waals surface area contributed by atoms with Gasteiger partial charge in [0, 0.05) is 34.8 Å².